The standard InChI is InChI=1S/C6ClF4/c7-4-2(8)1-3(9)5(10)6(4)11. The van der Waals surface area contributed by atoms with E-state index in [1.807, 2.05) is 0 Å². The molecule has 0 aliphatic carbocycles. The van der Waals surface area contributed by atoms with Crippen molar-refractivity contribution in [1.82, 2.24) is 0 Å². The lowest BCUT2D eigenvalue weighted by molar-refractivity contribution is 0.433. The molecule has 1 radical (unpaired) electrons. The van der Waals surface area contributed by atoms with Gasteiger partial charge in [0.15, 0.2) is 23.3 Å². The van der Waals surface area contributed by atoms with E-state index in [4.69, 9.17) is 11.6 Å². The molecule has 0 N–H and O–H groups in total. The highest BCUT2D eigenvalue weighted by Gasteiger charge is 2.17. The lowest BCUT2D eigenvalue weighted by Crippen LogP contribution is -1.94. The number of hydrogen-bond donors (Lipinski definition) is 0. The minimum absolute atomic E-state index is 1.09. The first-order chi connectivity index (χ1) is 5.04. The highest BCUT2D eigenvalue weighted by atomic mass is 35.5. The average molecular weight is 184 g/mol. The minimum atomic E-state index is -1.82. The van der Waals surface area contributed by atoms with Crippen LogP contribution in [0.2, 0.25) is 5.02 Å². The second kappa shape index (κ2) is 2.70. The molecule has 0 saturated heterocycles. The zero-order valence-electron chi connectivity index (χ0n) is 4.89. The van der Waals surface area contributed by atoms with Crippen LogP contribution >= 0.6 is 11.6 Å². The summed E-state index contributed by atoms with van der Waals surface area (Å²) in [6.45, 7) is 0. The summed E-state index contributed by atoms with van der Waals surface area (Å²) >= 11 is 4.87. The maximum absolute atomic E-state index is 12.2. The van der Waals surface area contributed by atoms with Crippen molar-refractivity contribution in [3.8, 4) is 0 Å². The Hall–Kier alpha value is -0.770. The Balaban J connectivity index is 3.46. The van der Waals surface area contributed by atoms with Crippen molar-refractivity contribution in [2.45, 2.75) is 0 Å². The molecule has 0 bridgehead atoms. The summed E-state index contributed by atoms with van der Waals surface area (Å²) in [6, 6.07) is 1.27. The number of hydrogen-bond acceptors (Lipinski definition) is 0. The van der Waals surface area contributed by atoms with E-state index in [1.165, 1.54) is 6.07 Å². The van der Waals surface area contributed by atoms with Crippen LogP contribution in [0.4, 0.5) is 17.6 Å². The van der Waals surface area contributed by atoms with Gasteiger partial charge in [0.1, 0.15) is 5.02 Å². The molecule has 0 aliphatic rings. The Kier molecular flexibility index (Phi) is 2.04. The SMILES string of the molecule is Fc1[c]c(F)c(Cl)c(F)c1F. The summed E-state index contributed by atoms with van der Waals surface area (Å²) in [6.07, 6.45) is 0. The molecular formula is C6ClF4. The molecule has 0 unspecified atom stereocenters. The quantitative estimate of drug-likeness (QED) is 0.330. The van der Waals surface area contributed by atoms with Crippen LogP contribution in [0.3, 0.4) is 0 Å². The number of halogens is 5. The van der Waals surface area contributed by atoms with Gasteiger partial charge in [0.25, 0.3) is 0 Å². The summed E-state index contributed by atoms with van der Waals surface area (Å²) in [4.78, 5) is 0. The number of benzene rings is 1. The molecule has 0 aliphatic heterocycles. The van der Waals surface area contributed by atoms with Gasteiger partial charge in [-0.2, -0.15) is 0 Å². The van der Waals surface area contributed by atoms with Crippen LogP contribution in [0, 0.1) is 29.3 Å². The zero-order valence-corrected chi connectivity index (χ0v) is 5.65. The van der Waals surface area contributed by atoms with Gasteiger partial charge in [-0.3, -0.25) is 0 Å². The normalized spacial score (nSPS) is 10.3. The first-order valence-corrected chi connectivity index (χ1v) is 2.82. The number of rotatable bonds is 0. The molecule has 0 saturated carbocycles. The van der Waals surface area contributed by atoms with Crippen LogP contribution in [0.15, 0.2) is 0 Å². The minimum Gasteiger partial charge on any atom is -0.204 e. The summed E-state index contributed by atoms with van der Waals surface area (Å²) < 4.78 is 48.6. The summed E-state index contributed by atoms with van der Waals surface area (Å²) in [5.41, 5.74) is 0. The van der Waals surface area contributed by atoms with E-state index in [2.05, 4.69) is 0 Å². The van der Waals surface area contributed by atoms with Gasteiger partial charge in [-0.15, -0.1) is 0 Å². The van der Waals surface area contributed by atoms with Crippen LogP contribution < -0.4 is 0 Å². The van der Waals surface area contributed by atoms with E-state index >= 15 is 0 Å². The van der Waals surface area contributed by atoms with Gasteiger partial charge < -0.3 is 0 Å². The second-order valence-electron chi connectivity index (χ2n) is 1.69. The topological polar surface area (TPSA) is 0 Å². The maximum Gasteiger partial charge on any atom is 0.196 e. The van der Waals surface area contributed by atoms with Crippen LogP contribution in [0.1, 0.15) is 0 Å². The van der Waals surface area contributed by atoms with Crippen molar-refractivity contribution in [2.24, 2.45) is 0 Å². The Bertz CT molecular complexity index is 271. The van der Waals surface area contributed by atoms with Crippen molar-refractivity contribution in [3.05, 3.63) is 34.4 Å². The van der Waals surface area contributed by atoms with Crippen LogP contribution in [0.25, 0.3) is 0 Å². The van der Waals surface area contributed by atoms with Gasteiger partial charge >= 0.3 is 0 Å². The van der Waals surface area contributed by atoms with Crippen LogP contribution in [-0.2, 0) is 0 Å². The molecular weight excluding hydrogens is 184 g/mol. The molecule has 0 atom stereocenters. The third-order valence-corrected chi connectivity index (χ3v) is 1.32. The zero-order chi connectivity index (χ0) is 8.59. The highest BCUT2D eigenvalue weighted by molar-refractivity contribution is 6.30. The fourth-order valence-electron chi connectivity index (χ4n) is 0.495. The predicted molar refractivity (Wildman–Crippen MR) is 30.1 cm³/mol. The molecule has 0 fully saturated rings. The van der Waals surface area contributed by atoms with Crippen LogP contribution in [-0.4, -0.2) is 0 Å². The van der Waals surface area contributed by atoms with Crippen molar-refractivity contribution < 1.29 is 17.6 Å². The van der Waals surface area contributed by atoms with E-state index < -0.39 is 28.3 Å². The summed E-state index contributed by atoms with van der Waals surface area (Å²) in [7, 11) is 0. The van der Waals surface area contributed by atoms with Gasteiger partial charge in [-0.25, -0.2) is 17.6 Å². The van der Waals surface area contributed by atoms with Gasteiger partial charge in [0, 0.05) is 0 Å². The van der Waals surface area contributed by atoms with Crippen molar-refractivity contribution in [2.75, 3.05) is 0 Å². The first kappa shape index (κ1) is 8.33. The highest BCUT2D eigenvalue weighted by Crippen LogP contribution is 2.22. The Morgan fingerprint density at radius 1 is 0.909 bits per heavy atom. The Morgan fingerprint density at radius 3 is 2.00 bits per heavy atom. The fourth-order valence-corrected chi connectivity index (χ4v) is 0.625. The van der Waals surface area contributed by atoms with Gasteiger partial charge in [-0.05, 0) is 0 Å². The van der Waals surface area contributed by atoms with Gasteiger partial charge in [-0.1, -0.05) is 11.6 Å². The maximum atomic E-state index is 12.2. The molecule has 0 spiro atoms. The molecule has 0 aromatic heterocycles. The van der Waals surface area contributed by atoms with Crippen LogP contribution in [0.5, 0.6) is 0 Å². The molecule has 1 aromatic carbocycles. The largest absolute Gasteiger partial charge is 0.204 e. The average Bonchev–Trinajstić information content (AvgIpc) is 1.97. The van der Waals surface area contributed by atoms with Gasteiger partial charge in [0.05, 0.1) is 6.07 Å². The predicted octanol–water partition coefficient (Wildman–Crippen LogP) is 2.70. The first-order valence-electron chi connectivity index (χ1n) is 2.44. The lowest BCUT2D eigenvalue weighted by atomic mass is 10.3. The van der Waals surface area contributed by atoms with Crippen molar-refractivity contribution >= 4 is 11.6 Å². The lowest BCUT2D eigenvalue weighted by Gasteiger charge is -1.97. The molecule has 59 valence electrons. The monoisotopic (exact) mass is 183 g/mol. The van der Waals surface area contributed by atoms with E-state index in [0.29, 0.717) is 0 Å². The Morgan fingerprint density at radius 2 is 1.45 bits per heavy atom. The molecule has 0 amide bonds. The third kappa shape index (κ3) is 1.30. The third-order valence-electron chi connectivity index (χ3n) is 0.990. The van der Waals surface area contributed by atoms with E-state index in [0.717, 1.165) is 0 Å². The Labute approximate surface area is 64.4 Å². The van der Waals surface area contributed by atoms with Crippen molar-refractivity contribution in [1.29, 1.82) is 0 Å². The molecule has 11 heavy (non-hydrogen) atoms. The summed E-state index contributed by atoms with van der Waals surface area (Å²) in [5, 5.41) is -1.09. The molecule has 1 aromatic rings. The van der Waals surface area contributed by atoms with Gasteiger partial charge in [0.2, 0.25) is 0 Å². The van der Waals surface area contributed by atoms with Crippen molar-refractivity contribution in [3.63, 3.8) is 0 Å². The molecule has 5 heteroatoms. The fraction of sp³-hybridized carbons (Fsp3) is 0. The molecule has 1 rings (SSSR count). The van der Waals surface area contributed by atoms with E-state index in [9.17, 15) is 17.6 Å². The summed E-state index contributed by atoms with van der Waals surface area (Å²) in [5.74, 6) is -6.72. The van der Waals surface area contributed by atoms with E-state index in [-0.39, 0.29) is 0 Å². The molecule has 0 heterocycles. The van der Waals surface area contributed by atoms with E-state index in [1.54, 1.807) is 0 Å². The second-order valence-corrected chi connectivity index (χ2v) is 2.07. The smallest absolute Gasteiger partial charge is 0.196 e. The molecule has 0 nitrogen and oxygen atoms in total.